The van der Waals surface area contributed by atoms with Crippen LogP contribution in [0.5, 0.6) is 5.75 Å². The van der Waals surface area contributed by atoms with E-state index in [1.54, 1.807) is 23.7 Å². The van der Waals surface area contributed by atoms with E-state index in [1.165, 1.54) is 23.7 Å². The number of nitrogens with one attached hydrogen (secondary N) is 1. The first-order valence-electron chi connectivity index (χ1n) is 12.2. The highest BCUT2D eigenvalue weighted by Crippen LogP contribution is 2.38. The molecule has 0 bridgehead atoms. The maximum Gasteiger partial charge on any atom is 0.298 e. The molecule has 38 heavy (non-hydrogen) atoms. The maximum atomic E-state index is 13.2. The van der Waals surface area contributed by atoms with Gasteiger partial charge in [0.15, 0.2) is 5.82 Å². The van der Waals surface area contributed by atoms with Crippen LogP contribution >= 0.6 is 11.3 Å². The van der Waals surface area contributed by atoms with Gasteiger partial charge in [0.25, 0.3) is 11.7 Å². The van der Waals surface area contributed by atoms with Gasteiger partial charge in [-0.1, -0.05) is 0 Å². The quantitative estimate of drug-likeness (QED) is 0.308. The minimum atomic E-state index is -0.704. The Kier molecular flexibility index (Phi) is 6.07. The molecule has 6 rings (SSSR count). The van der Waals surface area contributed by atoms with Crippen molar-refractivity contribution in [2.24, 2.45) is 7.05 Å². The number of thiophene rings is 1. The molecule has 1 amide bonds. The van der Waals surface area contributed by atoms with E-state index in [2.05, 4.69) is 20.2 Å². The number of hydrogen-bond donors (Lipinski definition) is 1. The molecule has 1 fully saturated rings. The van der Waals surface area contributed by atoms with Crippen LogP contribution in [0.25, 0.3) is 11.1 Å². The molecule has 1 atom stereocenters. The molecule has 11 heteroatoms. The number of carbonyl (C=O) groups is 2. The second-order valence-corrected chi connectivity index (χ2v) is 10.2. The van der Waals surface area contributed by atoms with Gasteiger partial charge in [-0.05, 0) is 47.5 Å². The third-order valence-electron chi connectivity index (χ3n) is 7.06. The first-order chi connectivity index (χ1) is 18.4. The molecule has 2 aliphatic rings. The highest BCUT2D eigenvalue weighted by Gasteiger charge is 2.34. The lowest BCUT2D eigenvalue weighted by Crippen LogP contribution is -2.57. The first kappa shape index (κ1) is 24.1. The van der Waals surface area contributed by atoms with E-state index in [0.717, 1.165) is 22.5 Å². The summed E-state index contributed by atoms with van der Waals surface area (Å²) in [5.74, 6) is -0.626. The summed E-state index contributed by atoms with van der Waals surface area (Å²) in [6, 6.07) is 9.36. The van der Waals surface area contributed by atoms with Gasteiger partial charge in [0.05, 0.1) is 24.1 Å². The van der Waals surface area contributed by atoms with Gasteiger partial charge in [0, 0.05) is 49.7 Å². The lowest BCUT2D eigenvalue weighted by atomic mass is 10.1. The summed E-state index contributed by atoms with van der Waals surface area (Å²) in [5.41, 5.74) is 4.32. The van der Waals surface area contributed by atoms with Crippen molar-refractivity contribution in [3.63, 3.8) is 0 Å². The topological polar surface area (TPSA) is 92.6 Å². The number of aryl methyl sites for hydroxylation is 1. The van der Waals surface area contributed by atoms with Crippen molar-refractivity contribution in [2.45, 2.75) is 13.0 Å². The highest BCUT2D eigenvalue weighted by molar-refractivity contribution is 7.08. The zero-order valence-corrected chi connectivity index (χ0v) is 21.7. The Labute approximate surface area is 222 Å². The van der Waals surface area contributed by atoms with Crippen LogP contribution in [-0.4, -0.2) is 58.5 Å². The SMILES string of the molecule is Cc1cc(-c2ccsc2)c(C(=O)C(=O)Nc2ccc3c(c2)OCC2CN(c4ncc(F)cn4)CCN32)n1C. The smallest absolute Gasteiger partial charge is 0.298 e. The fourth-order valence-electron chi connectivity index (χ4n) is 5.04. The number of Topliss-reactive ketones (excluding diaryl/α,β-unsaturated/α-hetero) is 1. The molecular weight excluding hydrogens is 507 g/mol. The predicted molar refractivity (Wildman–Crippen MR) is 144 cm³/mol. The Bertz CT molecular complexity index is 1520. The highest BCUT2D eigenvalue weighted by atomic mass is 32.1. The molecule has 0 aliphatic carbocycles. The molecule has 5 heterocycles. The lowest BCUT2D eigenvalue weighted by Gasteiger charge is -2.45. The van der Waals surface area contributed by atoms with Gasteiger partial charge in [-0.25, -0.2) is 14.4 Å². The molecule has 0 saturated carbocycles. The van der Waals surface area contributed by atoms with Gasteiger partial charge in [-0.15, -0.1) is 0 Å². The van der Waals surface area contributed by atoms with Gasteiger partial charge in [-0.3, -0.25) is 9.59 Å². The Balaban J connectivity index is 1.17. The fourth-order valence-corrected chi connectivity index (χ4v) is 5.69. The van der Waals surface area contributed by atoms with E-state index in [4.69, 9.17) is 4.74 Å². The number of fused-ring (bicyclic) bond motifs is 3. The number of benzene rings is 1. The molecule has 3 aromatic heterocycles. The normalized spacial score (nSPS) is 16.4. The zero-order valence-electron chi connectivity index (χ0n) is 20.8. The van der Waals surface area contributed by atoms with Crippen molar-refractivity contribution in [3.05, 3.63) is 70.7 Å². The molecular formula is C27H25FN6O3S. The number of anilines is 3. The molecule has 0 radical (unpaired) electrons. The van der Waals surface area contributed by atoms with Crippen molar-refractivity contribution in [3.8, 4) is 16.9 Å². The number of ether oxygens (including phenoxy) is 1. The van der Waals surface area contributed by atoms with Gasteiger partial charge in [-0.2, -0.15) is 11.3 Å². The average Bonchev–Trinajstić information content (AvgIpc) is 3.56. The van der Waals surface area contributed by atoms with Crippen LogP contribution in [0, 0.1) is 12.7 Å². The molecule has 0 spiro atoms. The van der Waals surface area contributed by atoms with Gasteiger partial charge < -0.3 is 24.4 Å². The summed E-state index contributed by atoms with van der Waals surface area (Å²) in [6.45, 7) is 4.38. The van der Waals surface area contributed by atoms with E-state index >= 15 is 0 Å². The second-order valence-electron chi connectivity index (χ2n) is 9.39. The first-order valence-corrected chi connectivity index (χ1v) is 13.1. The Morgan fingerprint density at radius 3 is 2.74 bits per heavy atom. The molecule has 9 nitrogen and oxygen atoms in total. The monoisotopic (exact) mass is 532 g/mol. The Morgan fingerprint density at radius 2 is 1.97 bits per heavy atom. The molecule has 194 valence electrons. The molecule has 4 aromatic rings. The van der Waals surface area contributed by atoms with Gasteiger partial charge in [0.2, 0.25) is 5.95 Å². The number of rotatable bonds is 5. The molecule has 2 aliphatic heterocycles. The zero-order chi connectivity index (χ0) is 26.4. The Morgan fingerprint density at radius 1 is 1.16 bits per heavy atom. The molecule has 1 aromatic carbocycles. The van der Waals surface area contributed by atoms with Crippen LogP contribution in [-0.2, 0) is 11.8 Å². The van der Waals surface area contributed by atoms with E-state index in [9.17, 15) is 14.0 Å². The lowest BCUT2D eigenvalue weighted by molar-refractivity contribution is -0.112. The number of piperazine rings is 1. The average molecular weight is 533 g/mol. The third-order valence-corrected chi connectivity index (χ3v) is 7.74. The standard InChI is InChI=1S/C27H25FN6O3S/c1-16-9-21(17-5-8-38-15-17)24(32(16)2)25(35)26(36)31-19-3-4-22-23(10-19)37-14-20-13-33(6-7-34(20)22)27-29-11-18(28)12-30-27/h3-5,8-12,15,20H,6-7,13-14H2,1-2H3,(H,31,36). The van der Waals surface area contributed by atoms with Crippen molar-refractivity contribution in [1.29, 1.82) is 0 Å². The number of carbonyl (C=O) groups excluding carboxylic acids is 2. The van der Waals surface area contributed by atoms with Gasteiger partial charge >= 0.3 is 0 Å². The summed E-state index contributed by atoms with van der Waals surface area (Å²) >= 11 is 1.54. The van der Waals surface area contributed by atoms with Crippen LogP contribution in [0.2, 0.25) is 0 Å². The molecule has 1 N–H and O–H groups in total. The van der Waals surface area contributed by atoms with E-state index in [1.807, 2.05) is 40.8 Å². The second kappa shape index (κ2) is 9.56. The minimum absolute atomic E-state index is 0.0722. The summed E-state index contributed by atoms with van der Waals surface area (Å²) in [6.07, 6.45) is 2.34. The van der Waals surface area contributed by atoms with Crippen molar-refractivity contribution < 1.29 is 18.7 Å². The number of hydrogen-bond acceptors (Lipinski definition) is 8. The number of nitrogens with zero attached hydrogens (tertiary/aromatic N) is 5. The van der Waals surface area contributed by atoms with Crippen LogP contribution in [0.3, 0.4) is 0 Å². The maximum absolute atomic E-state index is 13.2. The number of halogens is 1. The predicted octanol–water partition coefficient (Wildman–Crippen LogP) is 3.90. The molecule has 1 saturated heterocycles. The van der Waals surface area contributed by atoms with Crippen molar-refractivity contribution >= 4 is 40.4 Å². The van der Waals surface area contributed by atoms with Crippen molar-refractivity contribution in [2.75, 3.05) is 41.4 Å². The van der Waals surface area contributed by atoms with E-state index < -0.39 is 17.5 Å². The molecule has 1 unspecified atom stereocenters. The fraction of sp³-hybridized carbons (Fsp3) is 0.259. The summed E-state index contributed by atoms with van der Waals surface area (Å²) in [7, 11) is 1.79. The number of ketones is 1. The van der Waals surface area contributed by atoms with E-state index in [-0.39, 0.29) is 6.04 Å². The summed E-state index contributed by atoms with van der Waals surface area (Å²) in [5, 5.41) is 6.66. The van der Waals surface area contributed by atoms with E-state index in [0.29, 0.717) is 49.3 Å². The van der Waals surface area contributed by atoms with Gasteiger partial charge in [0.1, 0.15) is 18.1 Å². The largest absolute Gasteiger partial charge is 0.489 e. The third kappa shape index (κ3) is 4.28. The number of aromatic nitrogens is 3. The Hall–Kier alpha value is -4.25. The number of amides is 1. The van der Waals surface area contributed by atoms with Crippen LogP contribution in [0.4, 0.5) is 21.7 Å². The van der Waals surface area contributed by atoms with Crippen LogP contribution in [0.1, 0.15) is 16.2 Å². The van der Waals surface area contributed by atoms with Crippen LogP contribution < -0.4 is 19.9 Å². The minimum Gasteiger partial charge on any atom is -0.489 e. The summed E-state index contributed by atoms with van der Waals surface area (Å²) < 4.78 is 21.0. The van der Waals surface area contributed by atoms with Crippen LogP contribution in [0.15, 0.2) is 53.5 Å². The summed E-state index contributed by atoms with van der Waals surface area (Å²) in [4.78, 5) is 38.7. The van der Waals surface area contributed by atoms with Crippen molar-refractivity contribution in [1.82, 2.24) is 14.5 Å².